The number of pyridine rings is 2. The van der Waals surface area contributed by atoms with E-state index in [0.717, 1.165) is 40.8 Å². The zero-order valence-electron chi connectivity index (χ0n) is 22.9. The smallest absolute Gasteiger partial charge is 0.408 e. The number of benzene rings is 2. The summed E-state index contributed by atoms with van der Waals surface area (Å²) in [6.45, 7) is 5.71. The Morgan fingerprint density at radius 3 is 2.27 bits per heavy atom. The lowest BCUT2D eigenvalue weighted by atomic mass is 9.58. The molecule has 0 radical (unpaired) electrons. The fraction of sp³-hybridized carbons (Fsp3) is 0.333. The number of carboxylic acid groups (broad SMARTS) is 1. The Balaban J connectivity index is 1.47. The predicted molar refractivity (Wildman–Crippen MR) is 153 cm³/mol. The van der Waals surface area contributed by atoms with E-state index in [1.807, 2.05) is 81.4 Å². The van der Waals surface area contributed by atoms with Crippen molar-refractivity contribution in [2.24, 2.45) is 5.92 Å². The Labute approximate surface area is 233 Å². The van der Waals surface area contributed by atoms with E-state index in [1.54, 1.807) is 12.3 Å². The molecule has 1 amide bonds. The Morgan fingerprint density at radius 2 is 1.70 bits per heavy atom. The number of hydrogen-bond donors (Lipinski definition) is 2. The quantitative estimate of drug-likeness (QED) is 0.294. The highest BCUT2D eigenvalue weighted by Crippen LogP contribution is 2.61. The molecule has 4 aromatic rings. The molecule has 0 unspecified atom stereocenters. The maximum atomic E-state index is 12.6. The van der Waals surface area contributed by atoms with Gasteiger partial charge in [-0.05, 0) is 62.8 Å². The van der Waals surface area contributed by atoms with Crippen LogP contribution in [0, 0.1) is 17.2 Å². The van der Waals surface area contributed by atoms with Crippen molar-refractivity contribution in [2.75, 3.05) is 0 Å². The second-order valence-electron chi connectivity index (χ2n) is 12.2. The zero-order chi connectivity index (χ0) is 28.3. The van der Waals surface area contributed by atoms with Gasteiger partial charge in [0, 0.05) is 41.1 Å². The van der Waals surface area contributed by atoms with E-state index < -0.39 is 22.8 Å². The summed E-state index contributed by atoms with van der Waals surface area (Å²) >= 11 is 0. The van der Waals surface area contributed by atoms with Gasteiger partial charge in [-0.15, -0.1) is 0 Å². The zero-order valence-corrected chi connectivity index (χ0v) is 22.9. The first kappa shape index (κ1) is 26.0. The van der Waals surface area contributed by atoms with Crippen molar-refractivity contribution in [2.45, 2.75) is 63.1 Å². The van der Waals surface area contributed by atoms with E-state index in [4.69, 9.17) is 4.98 Å². The summed E-state index contributed by atoms with van der Waals surface area (Å²) in [5.74, 6) is 0.249. The SMILES string of the molecule is CC(C)(C)N(C(=O)O)[C@]1(c2ccc(-c3nc4ccnc(C#N)c4cc3-c3ccccc3)cc2)C[C@@](O)(C2CC2)C1. The van der Waals surface area contributed by atoms with Crippen molar-refractivity contribution in [3.05, 3.63) is 84.2 Å². The summed E-state index contributed by atoms with van der Waals surface area (Å²) in [4.78, 5) is 23.4. The molecular formula is C33H32N4O3. The highest BCUT2D eigenvalue weighted by molar-refractivity contribution is 5.93. The lowest BCUT2D eigenvalue weighted by Crippen LogP contribution is -2.69. The van der Waals surface area contributed by atoms with Gasteiger partial charge in [-0.25, -0.2) is 14.8 Å². The summed E-state index contributed by atoms with van der Waals surface area (Å²) in [5, 5.41) is 32.0. The molecule has 7 heteroatoms. The fourth-order valence-electron chi connectivity index (χ4n) is 6.66. The van der Waals surface area contributed by atoms with Crippen LogP contribution in [-0.2, 0) is 5.54 Å². The summed E-state index contributed by atoms with van der Waals surface area (Å²) in [6.07, 6.45) is 3.37. The number of aromatic nitrogens is 2. The summed E-state index contributed by atoms with van der Waals surface area (Å²) < 4.78 is 0. The van der Waals surface area contributed by atoms with Gasteiger partial charge in [-0.3, -0.25) is 4.90 Å². The minimum absolute atomic E-state index is 0.249. The van der Waals surface area contributed by atoms with Crippen LogP contribution in [0.3, 0.4) is 0 Å². The number of fused-ring (bicyclic) bond motifs is 1. The third-order valence-electron chi connectivity index (χ3n) is 8.45. The molecule has 7 nitrogen and oxygen atoms in total. The monoisotopic (exact) mass is 532 g/mol. The predicted octanol–water partition coefficient (Wildman–Crippen LogP) is 6.74. The molecule has 2 aliphatic rings. The Kier molecular flexibility index (Phi) is 5.93. The number of nitrogens with zero attached hydrogens (tertiary/aromatic N) is 4. The second kappa shape index (κ2) is 9.14. The number of nitriles is 1. The summed E-state index contributed by atoms with van der Waals surface area (Å²) in [7, 11) is 0. The number of aliphatic hydroxyl groups is 1. The van der Waals surface area contributed by atoms with E-state index in [1.165, 1.54) is 4.90 Å². The van der Waals surface area contributed by atoms with E-state index in [2.05, 4.69) is 11.1 Å². The molecule has 0 saturated heterocycles. The molecular weight excluding hydrogens is 500 g/mol. The molecule has 0 spiro atoms. The van der Waals surface area contributed by atoms with Crippen molar-refractivity contribution in [1.82, 2.24) is 14.9 Å². The Hall–Kier alpha value is -4.28. The van der Waals surface area contributed by atoms with Gasteiger partial charge in [0.15, 0.2) is 0 Å². The molecule has 2 aromatic heterocycles. The van der Waals surface area contributed by atoms with Crippen molar-refractivity contribution in [1.29, 1.82) is 5.26 Å². The number of rotatable bonds is 5. The van der Waals surface area contributed by atoms with E-state index >= 15 is 0 Å². The Bertz CT molecular complexity index is 1640. The maximum absolute atomic E-state index is 12.6. The van der Waals surface area contributed by atoms with E-state index in [9.17, 15) is 20.3 Å². The van der Waals surface area contributed by atoms with Crippen molar-refractivity contribution in [3.8, 4) is 28.5 Å². The van der Waals surface area contributed by atoms with Crippen molar-refractivity contribution in [3.63, 3.8) is 0 Å². The van der Waals surface area contributed by atoms with E-state index in [-0.39, 0.29) is 5.92 Å². The normalized spacial score (nSPS) is 22.4. The molecule has 2 heterocycles. The molecule has 0 bridgehead atoms. The van der Waals surface area contributed by atoms with Crippen LogP contribution < -0.4 is 0 Å². The van der Waals surface area contributed by atoms with Crippen molar-refractivity contribution >= 4 is 17.0 Å². The topological polar surface area (TPSA) is 110 Å². The molecule has 2 saturated carbocycles. The summed E-state index contributed by atoms with van der Waals surface area (Å²) in [6, 6.07) is 23.8. The van der Waals surface area contributed by atoms with Gasteiger partial charge in [-0.1, -0.05) is 54.6 Å². The molecule has 6 rings (SSSR count). The number of amides is 1. The molecule has 2 aromatic carbocycles. The average molecular weight is 533 g/mol. The first-order chi connectivity index (χ1) is 19.1. The minimum Gasteiger partial charge on any atom is -0.465 e. The first-order valence-corrected chi connectivity index (χ1v) is 13.7. The average Bonchev–Trinajstić information content (AvgIpc) is 3.77. The van der Waals surface area contributed by atoms with Crippen LogP contribution >= 0.6 is 0 Å². The van der Waals surface area contributed by atoms with Gasteiger partial charge in [-0.2, -0.15) is 5.26 Å². The van der Waals surface area contributed by atoms with Gasteiger partial charge in [0.2, 0.25) is 0 Å². The molecule has 2 fully saturated rings. The van der Waals surface area contributed by atoms with Gasteiger partial charge < -0.3 is 10.2 Å². The van der Waals surface area contributed by atoms with E-state index in [0.29, 0.717) is 29.4 Å². The number of hydrogen-bond acceptors (Lipinski definition) is 5. The van der Waals surface area contributed by atoms with Crippen LogP contribution in [0.1, 0.15) is 57.7 Å². The van der Waals surface area contributed by atoms with Gasteiger partial charge >= 0.3 is 6.09 Å². The lowest BCUT2D eigenvalue weighted by molar-refractivity contribution is -0.173. The van der Waals surface area contributed by atoms with Crippen LogP contribution in [0.5, 0.6) is 0 Å². The van der Waals surface area contributed by atoms with Crippen LogP contribution in [0.4, 0.5) is 4.79 Å². The standard InChI is InChI=1S/C33H32N4O3/c1-31(2,3)37(30(38)39)32(19-33(40,20-32)24-13-14-24)23-11-9-22(10-12-23)29-25(21-7-5-4-6-8-21)17-26-27(36-29)15-16-35-28(26)18-34/h4-12,15-17,24,40H,13-14,19-20H2,1-3H3,(H,38,39)/t32-,33+. The van der Waals surface area contributed by atoms with Gasteiger partial charge in [0.25, 0.3) is 0 Å². The third-order valence-corrected chi connectivity index (χ3v) is 8.45. The van der Waals surface area contributed by atoms with Gasteiger partial charge in [0.05, 0.1) is 22.4 Å². The minimum atomic E-state index is -0.987. The highest BCUT2D eigenvalue weighted by Gasteiger charge is 2.65. The highest BCUT2D eigenvalue weighted by atomic mass is 16.4. The Morgan fingerprint density at radius 1 is 1.02 bits per heavy atom. The maximum Gasteiger partial charge on any atom is 0.408 e. The van der Waals surface area contributed by atoms with Gasteiger partial charge in [0.1, 0.15) is 11.8 Å². The second-order valence-corrected chi connectivity index (χ2v) is 12.2. The molecule has 2 aliphatic carbocycles. The molecule has 0 aliphatic heterocycles. The van der Waals surface area contributed by atoms with Crippen LogP contribution in [0.25, 0.3) is 33.3 Å². The fourth-order valence-corrected chi connectivity index (χ4v) is 6.66. The molecule has 40 heavy (non-hydrogen) atoms. The number of carbonyl (C=O) groups is 1. The third kappa shape index (κ3) is 4.20. The van der Waals surface area contributed by atoms with Crippen LogP contribution in [-0.4, -0.2) is 42.3 Å². The van der Waals surface area contributed by atoms with Crippen LogP contribution in [0.15, 0.2) is 72.9 Å². The summed E-state index contributed by atoms with van der Waals surface area (Å²) in [5.41, 5.74) is 3.09. The van der Waals surface area contributed by atoms with Crippen LogP contribution in [0.2, 0.25) is 0 Å². The molecule has 2 N–H and O–H groups in total. The first-order valence-electron chi connectivity index (χ1n) is 13.7. The van der Waals surface area contributed by atoms with Crippen molar-refractivity contribution < 1.29 is 15.0 Å². The largest absolute Gasteiger partial charge is 0.465 e. The lowest BCUT2D eigenvalue weighted by Gasteiger charge is -2.61. The molecule has 202 valence electrons. The molecule has 0 atom stereocenters.